The summed E-state index contributed by atoms with van der Waals surface area (Å²) in [7, 11) is 0. The maximum Gasteiger partial charge on any atom is 0.262 e. The third-order valence-corrected chi connectivity index (χ3v) is 3.77. The Morgan fingerprint density at radius 2 is 2.50 bits per heavy atom. The molecule has 2 aromatic rings. The van der Waals surface area contributed by atoms with Crippen molar-refractivity contribution in [3.63, 3.8) is 0 Å². The smallest absolute Gasteiger partial charge is 0.262 e. The van der Waals surface area contributed by atoms with Crippen LogP contribution in [-0.4, -0.2) is 27.6 Å². The first-order valence-electron chi connectivity index (χ1n) is 4.63. The number of thiophene rings is 1. The van der Waals surface area contributed by atoms with Gasteiger partial charge in [-0.3, -0.25) is 9.89 Å². The molecule has 1 amide bonds. The topological polar surface area (TPSA) is 70.7 Å². The van der Waals surface area contributed by atoms with Crippen LogP contribution < -0.4 is 5.32 Å². The molecule has 0 aliphatic carbocycles. The van der Waals surface area contributed by atoms with Gasteiger partial charge in [0.25, 0.3) is 5.91 Å². The van der Waals surface area contributed by atoms with Crippen LogP contribution in [-0.2, 0) is 6.42 Å². The van der Waals surface area contributed by atoms with Gasteiger partial charge in [-0.1, -0.05) is 0 Å². The largest absolute Gasteiger partial charge is 0.351 e. The van der Waals surface area contributed by atoms with Crippen molar-refractivity contribution < 1.29 is 4.79 Å². The molecule has 2 rings (SSSR count). The van der Waals surface area contributed by atoms with Gasteiger partial charge in [-0.2, -0.15) is 5.10 Å². The molecule has 0 saturated heterocycles. The molecule has 0 unspecified atom stereocenters. The molecule has 0 aliphatic heterocycles. The number of hydrogen-bond acceptors (Lipinski definition) is 4. The molecule has 0 aliphatic rings. The highest BCUT2D eigenvalue weighted by molar-refractivity contribution is 9.10. The Hall–Kier alpha value is -1.21. The van der Waals surface area contributed by atoms with Crippen molar-refractivity contribution in [3.8, 4) is 0 Å². The summed E-state index contributed by atoms with van der Waals surface area (Å²) < 4.78 is 0.828. The van der Waals surface area contributed by atoms with Gasteiger partial charge in [0, 0.05) is 17.4 Å². The second kappa shape index (κ2) is 5.22. The monoisotopic (exact) mass is 300 g/mol. The predicted molar refractivity (Wildman–Crippen MR) is 64.4 cm³/mol. The highest BCUT2D eigenvalue weighted by Gasteiger charge is 2.10. The minimum absolute atomic E-state index is 0.0682. The number of nitrogens with one attached hydrogen (secondary N) is 2. The van der Waals surface area contributed by atoms with Gasteiger partial charge in [-0.15, -0.1) is 11.3 Å². The van der Waals surface area contributed by atoms with Crippen LogP contribution in [0.3, 0.4) is 0 Å². The van der Waals surface area contributed by atoms with Crippen molar-refractivity contribution in [1.82, 2.24) is 20.5 Å². The predicted octanol–water partition coefficient (Wildman–Crippen LogP) is 1.60. The standard InChI is InChI=1S/C9H9BrN4OS/c10-6-2-4-16-8(6)9(15)11-3-1-7-12-5-13-14-7/h2,4-5H,1,3H2,(H,11,15)(H,12,13,14). The minimum Gasteiger partial charge on any atom is -0.351 e. The molecule has 84 valence electrons. The molecule has 0 bridgehead atoms. The summed E-state index contributed by atoms with van der Waals surface area (Å²) in [5.74, 6) is 0.701. The molecule has 2 heterocycles. The first kappa shape index (κ1) is 11.3. The molecule has 7 heteroatoms. The van der Waals surface area contributed by atoms with Gasteiger partial charge in [0.1, 0.15) is 17.0 Å². The fraction of sp³-hybridized carbons (Fsp3) is 0.222. The van der Waals surface area contributed by atoms with E-state index in [-0.39, 0.29) is 5.91 Å². The first-order chi connectivity index (χ1) is 7.77. The second-order valence-electron chi connectivity index (χ2n) is 3.04. The quantitative estimate of drug-likeness (QED) is 0.901. The number of nitrogens with zero attached hydrogens (tertiary/aromatic N) is 2. The fourth-order valence-corrected chi connectivity index (χ4v) is 2.65. The van der Waals surface area contributed by atoms with Crippen LogP contribution in [0.4, 0.5) is 0 Å². The van der Waals surface area contributed by atoms with E-state index in [9.17, 15) is 4.79 Å². The molecule has 0 atom stereocenters. The van der Waals surface area contributed by atoms with Crippen molar-refractivity contribution in [3.05, 3.63) is 32.9 Å². The van der Waals surface area contributed by atoms with E-state index < -0.39 is 0 Å². The van der Waals surface area contributed by atoms with Gasteiger partial charge in [-0.25, -0.2) is 4.98 Å². The summed E-state index contributed by atoms with van der Waals surface area (Å²) in [6, 6.07) is 1.86. The number of amides is 1. The molecular formula is C9H9BrN4OS. The van der Waals surface area contributed by atoms with Gasteiger partial charge in [0.15, 0.2) is 0 Å². The Morgan fingerprint density at radius 1 is 1.62 bits per heavy atom. The van der Waals surface area contributed by atoms with E-state index in [2.05, 4.69) is 36.4 Å². The number of aromatic nitrogens is 3. The van der Waals surface area contributed by atoms with Crippen LogP contribution in [0.1, 0.15) is 15.5 Å². The Morgan fingerprint density at radius 3 is 3.12 bits per heavy atom. The molecule has 2 aromatic heterocycles. The lowest BCUT2D eigenvalue weighted by Gasteiger charge is -2.01. The SMILES string of the molecule is O=C(NCCc1ncn[nH]1)c1sccc1Br. The third kappa shape index (κ3) is 2.67. The molecule has 0 aromatic carbocycles. The highest BCUT2D eigenvalue weighted by atomic mass is 79.9. The fourth-order valence-electron chi connectivity index (χ4n) is 1.18. The zero-order valence-corrected chi connectivity index (χ0v) is 10.6. The number of carbonyl (C=O) groups is 1. The second-order valence-corrected chi connectivity index (χ2v) is 4.81. The third-order valence-electron chi connectivity index (χ3n) is 1.94. The average Bonchev–Trinajstić information content (AvgIpc) is 2.88. The first-order valence-corrected chi connectivity index (χ1v) is 6.30. The van der Waals surface area contributed by atoms with Gasteiger partial charge >= 0.3 is 0 Å². The summed E-state index contributed by atoms with van der Waals surface area (Å²) in [6.45, 7) is 0.540. The lowest BCUT2D eigenvalue weighted by atomic mass is 10.4. The van der Waals surface area contributed by atoms with E-state index >= 15 is 0 Å². The Labute approximate surface area is 104 Å². The summed E-state index contributed by atoms with van der Waals surface area (Å²) >= 11 is 4.73. The van der Waals surface area contributed by atoms with Crippen LogP contribution in [0.2, 0.25) is 0 Å². The summed E-state index contributed by atoms with van der Waals surface area (Å²) in [5, 5.41) is 11.2. The minimum atomic E-state index is -0.0682. The summed E-state index contributed by atoms with van der Waals surface area (Å²) in [5.41, 5.74) is 0. The van der Waals surface area contributed by atoms with Crippen LogP contribution in [0.5, 0.6) is 0 Å². The van der Waals surface area contributed by atoms with Crippen LogP contribution in [0.25, 0.3) is 0 Å². The highest BCUT2D eigenvalue weighted by Crippen LogP contribution is 2.22. The van der Waals surface area contributed by atoms with Crippen molar-refractivity contribution in [2.75, 3.05) is 6.54 Å². The lowest BCUT2D eigenvalue weighted by Crippen LogP contribution is -2.25. The molecule has 16 heavy (non-hydrogen) atoms. The average molecular weight is 301 g/mol. The van der Waals surface area contributed by atoms with Crippen LogP contribution in [0.15, 0.2) is 22.2 Å². The van der Waals surface area contributed by atoms with E-state index in [1.165, 1.54) is 17.7 Å². The summed E-state index contributed by atoms with van der Waals surface area (Å²) in [4.78, 5) is 16.3. The zero-order chi connectivity index (χ0) is 11.4. The Bertz CT molecular complexity index is 468. The van der Waals surface area contributed by atoms with Crippen molar-refractivity contribution in [2.45, 2.75) is 6.42 Å². The number of H-pyrrole nitrogens is 1. The van der Waals surface area contributed by atoms with Crippen molar-refractivity contribution in [2.24, 2.45) is 0 Å². The van der Waals surface area contributed by atoms with Crippen LogP contribution in [0, 0.1) is 0 Å². The molecule has 5 nitrogen and oxygen atoms in total. The van der Waals surface area contributed by atoms with E-state index in [0.29, 0.717) is 17.8 Å². The van der Waals surface area contributed by atoms with Gasteiger partial charge in [-0.05, 0) is 27.4 Å². The number of rotatable bonds is 4. The Balaban J connectivity index is 1.83. The van der Waals surface area contributed by atoms with E-state index in [0.717, 1.165) is 10.3 Å². The van der Waals surface area contributed by atoms with Crippen LogP contribution >= 0.6 is 27.3 Å². The number of aromatic amines is 1. The molecule has 2 N–H and O–H groups in total. The molecule has 0 spiro atoms. The molecule has 0 fully saturated rings. The normalized spacial score (nSPS) is 10.3. The van der Waals surface area contributed by atoms with Crippen molar-refractivity contribution >= 4 is 33.2 Å². The van der Waals surface area contributed by atoms with Gasteiger partial charge in [0.05, 0.1) is 0 Å². The lowest BCUT2D eigenvalue weighted by molar-refractivity contribution is 0.0957. The molecular weight excluding hydrogens is 292 g/mol. The number of hydrogen-bond donors (Lipinski definition) is 2. The van der Waals surface area contributed by atoms with E-state index in [1.807, 2.05) is 11.4 Å². The van der Waals surface area contributed by atoms with Gasteiger partial charge in [0.2, 0.25) is 0 Å². The van der Waals surface area contributed by atoms with E-state index in [1.54, 1.807) is 0 Å². The van der Waals surface area contributed by atoms with Crippen molar-refractivity contribution in [1.29, 1.82) is 0 Å². The summed E-state index contributed by atoms with van der Waals surface area (Å²) in [6.07, 6.45) is 2.10. The number of halogens is 1. The maximum absolute atomic E-state index is 11.7. The number of carbonyl (C=O) groups excluding carboxylic acids is 1. The zero-order valence-electron chi connectivity index (χ0n) is 8.24. The maximum atomic E-state index is 11.7. The Kier molecular flexibility index (Phi) is 3.68. The van der Waals surface area contributed by atoms with E-state index in [4.69, 9.17) is 0 Å². The molecule has 0 radical (unpaired) electrons. The molecule has 0 saturated carbocycles. The van der Waals surface area contributed by atoms with Gasteiger partial charge < -0.3 is 5.32 Å².